The van der Waals surface area contributed by atoms with E-state index in [1.807, 2.05) is 17.6 Å². The number of nitrogens with one attached hydrogen (secondary N) is 1. The summed E-state index contributed by atoms with van der Waals surface area (Å²) in [4.78, 5) is 0. The molecular formula is C10H13N3O2S. The third-order valence-corrected chi connectivity index (χ3v) is 2.69. The largest absolute Gasteiger partial charge is 0.469 e. The van der Waals surface area contributed by atoms with Crippen LogP contribution in [0.5, 0.6) is 0 Å². The average molecular weight is 239 g/mol. The molecular weight excluding hydrogens is 226 g/mol. The van der Waals surface area contributed by atoms with Gasteiger partial charge in [0.15, 0.2) is 10.6 Å². The fourth-order valence-corrected chi connectivity index (χ4v) is 1.75. The van der Waals surface area contributed by atoms with E-state index in [1.54, 1.807) is 13.4 Å². The number of methoxy groups -OCH3 is 1. The summed E-state index contributed by atoms with van der Waals surface area (Å²) in [6, 6.07) is 1.88. The molecule has 0 saturated carbocycles. The number of aromatic nitrogens is 3. The Kier molecular flexibility index (Phi) is 3.21. The lowest BCUT2D eigenvalue weighted by molar-refractivity contribution is 0.187. The standard InChI is InChI=1S/C10H13N3O2S/c1-7-8(3-5-15-7)9-11-12-10(16)13(9)4-6-14-2/h3,5H,4,6H2,1-2H3,(H,12,16). The van der Waals surface area contributed by atoms with Gasteiger partial charge in [-0.2, -0.15) is 5.10 Å². The van der Waals surface area contributed by atoms with Crippen LogP contribution in [-0.2, 0) is 11.3 Å². The molecule has 0 aromatic carbocycles. The van der Waals surface area contributed by atoms with Crippen molar-refractivity contribution in [3.05, 3.63) is 22.9 Å². The lowest BCUT2D eigenvalue weighted by atomic mass is 10.2. The van der Waals surface area contributed by atoms with E-state index in [0.717, 1.165) is 17.1 Å². The topological polar surface area (TPSA) is 56.0 Å². The van der Waals surface area contributed by atoms with Crippen LogP contribution in [0.3, 0.4) is 0 Å². The Bertz CT molecular complexity index is 526. The summed E-state index contributed by atoms with van der Waals surface area (Å²) in [6.07, 6.45) is 1.64. The van der Waals surface area contributed by atoms with E-state index in [-0.39, 0.29) is 0 Å². The Hall–Kier alpha value is -1.40. The molecule has 2 aromatic heterocycles. The maximum Gasteiger partial charge on any atom is 0.195 e. The molecule has 0 aliphatic heterocycles. The molecule has 2 heterocycles. The van der Waals surface area contributed by atoms with Gasteiger partial charge in [-0.3, -0.25) is 9.67 Å². The highest BCUT2D eigenvalue weighted by molar-refractivity contribution is 7.71. The number of furan rings is 1. The van der Waals surface area contributed by atoms with Gasteiger partial charge < -0.3 is 9.15 Å². The van der Waals surface area contributed by atoms with Crippen molar-refractivity contribution < 1.29 is 9.15 Å². The van der Waals surface area contributed by atoms with Gasteiger partial charge in [-0.1, -0.05) is 0 Å². The molecule has 6 heteroatoms. The Morgan fingerprint density at radius 1 is 1.62 bits per heavy atom. The third kappa shape index (κ3) is 1.94. The van der Waals surface area contributed by atoms with Crippen molar-refractivity contribution in [2.24, 2.45) is 0 Å². The highest BCUT2D eigenvalue weighted by Gasteiger charge is 2.12. The summed E-state index contributed by atoms with van der Waals surface area (Å²) >= 11 is 5.16. The van der Waals surface area contributed by atoms with E-state index >= 15 is 0 Å². The molecule has 0 fully saturated rings. The second kappa shape index (κ2) is 4.63. The van der Waals surface area contributed by atoms with Crippen molar-refractivity contribution in [2.75, 3.05) is 13.7 Å². The Labute approximate surface area is 98.0 Å². The normalized spacial score (nSPS) is 10.9. The number of aromatic amines is 1. The Balaban J connectivity index is 2.42. The first-order chi connectivity index (χ1) is 7.74. The minimum atomic E-state index is 0.590. The number of hydrogen-bond donors (Lipinski definition) is 1. The summed E-state index contributed by atoms with van der Waals surface area (Å²) in [5, 5.41) is 6.98. The zero-order valence-electron chi connectivity index (χ0n) is 9.19. The van der Waals surface area contributed by atoms with Crippen LogP contribution >= 0.6 is 12.2 Å². The molecule has 2 aromatic rings. The second-order valence-corrected chi connectivity index (χ2v) is 3.77. The third-order valence-electron chi connectivity index (χ3n) is 2.38. The number of aryl methyl sites for hydroxylation is 1. The minimum Gasteiger partial charge on any atom is -0.469 e. The van der Waals surface area contributed by atoms with Crippen molar-refractivity contribution in [3.8, 4) is 11.4 Å². The maximum atomic E-state index is 5.26. The highest BCUT2D eigenvalue weighted by Crippen LogP contribution is 2.22. The Morgan fingerprint density at radius 2 is 2.44 bits per heavy atom. The first kappa shape index (κ1) is 11.1. The van der Waals surface area contributed by atoms with Gasteiger partial charge >= 0.3 is 0 Å². The molecule has 0 bridgehead atoms. The molecule has 0 atom stereocenters. The quantitative estimate of drug-likeness (QED) is 0.831. The van der Waals surface area contributed by atoms with Gasteiger partial charge in [0.25, 0.3) is 0 Å². The van der Waals surface area contributed by atoms with Crippen LogP contribution in [-0.4, -0.2) is 28.5 Å². The van der Waals surface area contributed by atoms with Gasteiger partial charge in [-0.15, -0.1) is 0 Å². The molecule has 0 unspecified atom stereocenters. The second-order valence-electron chi connectivity index (χ2n) is 3.39. The average Bonchev–Trinajstić information content (AvgIpc) is 2.82. The van der Waals surface area contributed by atoms with E-state index in [0.29, 0.717) is 17.9 Å². The van der Waals surface area contributed by atoms with Gasteiger partial charge in [0.05, 0.1) is 25.0 Å². The number of H-pyrrole nitrogens is 1. The lowest BCUT2D eigenvalue weighted by Gasteiger charge is -2.04. The molecule has 0 spiro atoms. The summed E-state index contributed by atoms with van der Waals surface area (Å²) in [6.45, 7) is 3.16. The van der Waals surface area contributed by atoms with Crippen LogP contribution in [0.1, 0.15) is 5.76 Å². The summed E-state index contributed by atoms with van der Waals surface area (Å²) in [5.74, 6) is 1.61. The molecule has 0 aliphatic carbocycles. The number of rotatable bonds is 4. The van der Waals surface area contributed by atoms with E-state index in [9.17, 15) is 0 Å². The SMILES string of the molecule is COCCn1c(-c2ccoc2C)n[nH]c1=S. The molecule has 0 radical (unpaired) electrons. The molecule has 86 valence electrons. The van der Waals surface area contributed by atoms with Gasteiger partial charge in [-0.25, -0.2) is 0 Å². The van der Waals surface area contributed by atoms with Gasteiger partial charge in [0.2, 0.25) is 0 Å². The predicted molar refractivity (Wildman–Crippen MR) is 61.7 cm³/mol. The van der Waals surface area contributed by atoms with Crippen LogP contribution in [0.25, 0.3) is 11.4 Å². The highest BCUT2D eigenvalue weighted by atomic mass is 32.1. The maximum absolute atomic E-state index is 5.26. The first-order valence-electron chi connectivity index (χ1n) is 4.92. The van der Waals surface area contributed by atoms with Crippen LogP contribution < -0.4 is 0 Å². The van der Waals surface area contributed by atoms with Crippen LogP contribution in [0.4, 0.5) is 0 Å². The number of ether oxygens (including phenoxy) is 1. The summed E-state index contributed by atoms with van der Waals surface area (Å²) in [7, 11) is 1.66. The van der Waals surface area contributed by atoms with Crippen LogP contribution in [0.15, 0.2) is 16.7 Å². The van der Waals surface area contributed by atoms with Gasteiger partial charge in [0, 0.05) is 7.11 Å². The molecule has 0 saturated heterocycles. The molecule has 2 rings (SSSR count). The van der Waals surface area contributed by atoms with Crippen molar-refractivity contribution in [2.45, 2.75) is 13.5 Å². The first-order valence-corrected chi connectivity index (χ1v) is 5.33. The van der Waals surface area contributed by atoms with Crippen LogP contribution in [0, 0.1) is 11.7 Å². The molecule has 1 N–H and O–H groups in total. The van der Waals surface area contributed by atoms with Crippen molar-refractivity contribution in [1.82, 2.24) is 14.8 Å². The summed E-state index contributed by atoms with van der Waals surface area (Å²) < 4.78 is 12.8. The summed E-state index contributed by atoms with van der Waals surface area (Å²) in [5.41, 5.74) is 0.948. The zero-order chi connectivity index (χ0) is 11.5. The van der Waals surface area contributed by atoms with Crippen molar-refractivity contribution in [3.63, 3.8) is 0 Å². The zero-order valence-corrected chi connectivity index (χ0v) is 10.0. The predicted octanol–water partition coefficient (Wildman–Crippen LogP) is 2.16. The molecule has 0 amide bonds. The molecule has 16 heavy (non-hydrogen) atoms. The lowest BCUT2D eigenvalue weighted by Crippen LogP contribution is -2.06. The van der Waals surface area contributed by atoms with E-state index < -0.39 is 0 Å². The minimum absolute atomic E-state index is 0.590. The van der Waals surface area contributed by atoms with Gasteiger partial charge in [-0.05, 0) is 25.2 Å². The monoisotopic (exact) mass is 239 g/mol. The van der Waals surface area contributed by atoms with E-state index in [4.69, 9.17) is 21.4 Å². The fourth-order valence-electron chi connectivity index (χ4n) is 1.53. The van der Waals surface area contributed by atoms with E-state index in [2.05, 4.69) is 10.2 Å². The van der Waals surface area contributed by atoms with Crippen molar-refractivity contribution in [1.29, 1.82) is 0 Å². The molecule has 0 aliphatic rings. The van der Waals surface area contributed by atoms with Crippen molar-refractivity contribution >= 4 is 12.2 Å². The number of hydrogen-bond acceptors (Lipinski definition) is 4. The molecule has 5 nitrogen and oxygen atoms in total. The fraction of sp³-hybridized carbons (Fsp3) is 0.400. The smallest absolute Gasteiger partial charge is 0.195 e. The number of nitrogens with zero attached hydrogens (tertiary/aromatic N) is 2. The van der Waals surface area contributed by atoms with Gasteiger partial charge in [0.1, 0.15) is 5.76 Å². The Morgan fingerprint density at radius 3 is 3.06 bits per heavy atom. The van der Waals surface area contributed by atoms with Crippen LogP contribution in [0.2, 0.25) is 0 Å². The van der Waals surface area contributed by atoms with E-state index in [1.165, 1.54) is 0 Å².